The van der Waals surface area contributed by atoms with Gasteiger partial charge in [-0.15, -0.1) is 0 Å². The van der Waals surface area contributed by atoms with Crippen LogP contribution in [0.3, 0.4) is 0 Å². The van der Waals surface area contributed by atoms with Gasteiger partial charge in [-0.25, -0.2) is 15.0 Å². The molecule has 0 aliphatic carbocycles. The molecule has 5 N–H and O–H groups in total. The number of nitrogens with one attached hydrogen (secondary N) is 1. The summed E-state index contributed by atoms with van der Waals surface area (Å²) in [7, 11) is 2.95. The lowest BCUT2D eigenvalue weighted by Gasteiger charge is -2.21. The predicted molar refractivity (Wildman–Crippen MR) is 108 cm³/mol. The number of imidazole rings is 1. The zero-order valence-corrected chi connectivity index (χ0v) is 16.8. The molecule has 31 heavy (non-hydrogen) atoms. The maximum atomic E-state index is 12.9. The SMILES string of the molecule is COc1cc(OC)cc(C(=O)N[C@@H]2C(O)[C@H](n3cnc4c(N)ncnc43)O[C@@H]2CO)c1. The van der Waals surface area contributed by atoms with Crippen LogP contribution < -0.4 is 20.5 Å². The van der Waals surface area contributed by atoms with E-state index in [0.717, 1.165) is 0 Å². The number of carbonyl (C=O) groups excluding carboxylic acids is 1. The van der Waals surface area contributed by atoms with Gasteiger partial charge in [-0.05, 0) is 12.1 Å². The molecule has 0 saturated carbocycles. The van der Waals surface area contributed by atoms with Crippen molar-refractivity contribution in [1.82, 2.24) is 24.8 Å². The molecule has 0 radical (unpaired) electrons. The van der Waals surface area contributed by atoms with Crippen molar-refractivity contribution in [2.24, 2.45) is 0 Å². The lowest BCUT2D eigenvalue weighted by Crippen LogP contribution is -2.48. The highest BCUT2D eigenvalue weighted by Gasteiger charge is 2.45. The van der Waals surface area contributed by atoms with Crippen molar-refractivity contribution in [2.75, 3.05) is 26.6 Å². The topological polar surface area (TPSA) is 167 Å². The highest BCUT2D eigenvalue weighted by atomic mass is 16.5. The summed E-state index contributed by atoms with van der Waals surface area (Å²) in [4.78, 5) is 25.1. The predicted octanol–water partition coefficient (Wildman–Crippen LogP) is -0.525. The Labute approximate surface area is 176 Å². The third kappa shape index (κ3) is 3.71. The highest BCUT2D eigenvalue weighted by Crippen LogP contribution is 2.32. The number of nitrogens with zero attached hydrogens (tertiary/aromatic N) is 4. The van der Waals surface area contributed by atoms with Crippen LogP contribution in [0.5, 0.6) is 11.5 Å². The number of rotatable bonds is 6. The van der Waals surface area contributed by atoms with Crippen LogP contribution in [0.1, 0.15) is 16.6 Å². The molecule has 3 aromatic rings. The van der Waals surface area contributed by atoms with E-state index in [1.807, 2.05) is 0 Å². The Kier molecular flexibility index (Phi) is 5.59. The third-order valence-electron chi connectivity index (χ3n) is 5.13. The smallest absolute Gasteiger partial charge is 0.251 e. The van der Waals surface area contributed by atoms with Gasteiger partial charge in [-0.1, -0.05) is 0 Å². The average molecular weight is 430 g/mol. The number of aromatic nitrogens is 4. The van der Waals surface area contributed by atoms with Gasteiger partial charge >= 0.3 is 0 Å². The molecule has 1 amide bonds. The molecular weight excluding hydrogens is 408 g/mol. The summed E-state index contributed by atoms with van der Waals surface area (Å²) < 4.78 is 17.7. The number of methoxy groups -OCH3 is 2. The number of anilines is 1. The number of nitrogens with two attached hydrogens (primary N) is 1. The molecule has 3 heterocycles. The Morgan fingerprint density at radius 3 is 2.58 bits per heavy atom. The van der Waals surface area contributed by atoms with Gasteiger partial charge < -0.3 is 35.5 Å². The lowest BCUT2D eigenvalue weighted by molar-refractivity contribution is -0.0489. The van der Waals surface area contributed by atoms with Crippen molar-refractivity contribution in [3.63, 3.8) is 0 Å². The van der Waals surface area contributed by atoms with E-state index < -0.39 is 37.0 Å². The minimum atomic E-state index is -1.21. The number of ether oxygens (including phenoxy) is 3. The van der Waals surface area contributed by atoms with Gasteiger partial charge in [0.2, 0.25) is 0 Å². The van der Waals surface area contributed by atoms with E-state index in [1.165, 1.54) is 43.6 Å². The van der Waals surface area contributed by atoms with E-state index in [2.05, 4.69) is 20.3 Å². The van der Waals surface area contributed by atoms with Gasteiger partial charge in [0.1, 0.15) is 35.6 Å². The van der Waals surface area contributed by atoms with Gasteiger partial charge in [0.15, 0.2) is 17.7 Å². The Bertz CT molecular complexity index is 1080. The van der Waals surface area contributed by atoms with Crippen molar-refractivity contribution in [3.05, 3.63) is 36.4 Å². The van der Waals surface area contributed by atoms with Crippen LogP contribution in [-0.2, 0) is 4.74 Å². The fourth-order valence-corrected chi connectivity index (χ4v) is 3.54. The van der Waals surface area contributed by atoms with E-state index in [-0.39, 0.29) is 11.4 Å². The zero-order valence-electron chi connectivity index (χ0n) is 16.8. The summed E-state index contributed by atoms with van der Waals surface area (Å²) in [5, 5.41) is 23.4. The monoisotopic (exact) mass is 430 g/mol. The molecule has 1 saturated heterocycles. The summed E-state index contributed by atoms with van der Waals surface area (Å²) in [6.07, 6.45) is -0.345. The van der Waals surface area contributed by atoms with Crippen molar-refractivity contribution >= 4 is 22.9 Å². The standard InChI is InChI=1S/C19H22N6O6/c1-29-10-3-9(4-11(5-10)30-2)18(28)24-13-12(6-26)31-19(15(13)27)25-8-23-14-16(20)21-7-22-17(14)25/h3-5,7-8,12-13,15,19,26-27H,6H2,1-2H3,(H,24,28)(H2,20,21,22)/t12-,13+,15?,19-/m1/s1. The van der Waals surface area contributed by atoms with Crippen LogP contribution in [0.15, 0.2) is 30.9 Å². The second-order valence-corrected chi connectivity index (χ2v) is 6.92. The summed E-state index contributed by atoms with van der Waals surface area (Å²) >= 11 is 0. The van der Waals surface area contributed by atoms with Crippen molar-refractivity contribution in [3.8, 4) is 11.5 Å². The fourth-order valence-electron chi connectivity index (χ4n) is 3.54. The number of fused-ring (bicyclic) bond motifs is 1. The van der Waals surface area contributed by atoms with Crippen molar-refractivity contribution in [2.45, 2.75) is 24.5 Å². The van der Waals surface area contributed by atoms with Gasteiger partial charge in [0, 0.05) is 11.6 Å². The molecule has 12 heteroatoms. The molecule has 1 unspecified atom stereocenters. The Morgan fingerprint density at radius 1 is 1.23 bits per heavy atom. The lowest BCUT2D eigenvalue weighted by atomic mass is 10.1. The first-order valence-corrected chi connectivity index (χ1v) is 9.38. The van der Waals surface area contributed by atoms with E-state index in [9.17, 15) is 15.0 Å². The Hall–Kier alpha value is -3.48. The van der Waals surface area contributed by atoms with Crippen LogP contribution in [0.4, 0.5) is 5.82 Å². The Balaban J connectivity index is 1.60. The van der Waals surface area contributed by atoms with Gasteiger partial charge in [0.25, 0.3) is 5.91 Å². The third-order valence-corrected chi connectivity index (χ3v) is 5.13. The largest absolute Gasteiger partial charge is 0.497 e. The molecule has 1 aliphatic rings. The first-order chi connectivity index (χ1) is 15.0. The second-order valence-electron chi connectivity index (χ2n) is 6.92. The van der Waals surface area contributed by atoms with Crippen molar-refractivity contribution < 1.29 is 29.2 Å². The maximum absolute atomic E-state index is 12.9. The fraction of sp³-hybridized carbons (Fsp3) is 0.368. The number of aliphatic hydroxyl groups is 2. The van der Waals surface area contributed by atoms with E-state index in [0.29, 0.717) is 22.7 Å². The minimum Gasteiger partial charge on any atom is -0.497 e. The quantitative estimate of drug-likeness (QED) is 0.399. The second kappa shape index (κ2) is 8.34. The van der Waals surface area contributed by atoms with Crippen LogP contribution in [0.2, 0.25) is 0 Å². The molecule has 0 bridgehead atoms. The number of amides is 1. The minimum absolute atomic E-state index is 0.187. The summed E-state index contributed by atoms with van der Waals surface area (Å²) in [5.74, 6) is 0.565. The van der Waals surface area contributed by atoms with E-state index in [4.69, 9.17) is 19.9 Å². The molecule has 164 valence electrons. The number of aliphatic hydroxyl groups excluding tert-OH is 2. The molecule has 12 nitrogen and oxygen atoms in total. The van der Waals surface area contributed by atoms with Gasteiger partial charge in [-0.2, -0.15) is 0 Å². The van der Waals surface area contributed by atoms with Crippen LogP contribution >= 0.6 is 0 Å². The van der Waals surface area contributed by atoms with Crippen LogP contribution in [-0.4, -0.2) is 74.7 Å². The normalized spacial score (nSPS) is 23.1. The molecule has 1 fully saturated rings. The van der Waals surface area contributed by atoms with E-state index in [1.54, 1.807) is 6.07 Å². The molecule has 4 rings (SSSR count). The first-order valence-electron chi connectivity index (χ1n) is 9.38. The van der Waals surface area contributed by atoms with E-state index >= 15 is 0 Å². The van der Waals surface area contributed by atoms with Crippen LogP contribution in [0, 0.1) is 0 Å². The molecule has 1 aromatic carbocycles. The van der Waals surface area contributed by atoms with Crippen LogP contribution in [0.25, 0.3) is 11.2 Å². The Morgan fingerprint density at radius 2 is 1.94 bits per heavy atom. The number of nitrogen functional groups attached to an aromatic ring is 1. The summed E-state index contributed by atoms with van der Waals surface area (Å²) in [5.41, 5.74) is 6.79. The zero-order chi connectivity index (χ0) is 22.1. The number of benzene rings is 1. The van der Waals surface area contributed by atoms with Gasteiger partial charge in [-0.3, -0.25) is 9.36 Å². The highest BCUT2D eigenvalue weighted by molar-refractivity contribution is 5.95. The summed E-state index contributed by atoms with van der Waals surface area (Å²) in [6, 6.07) is 3.80. The maximum Gasteiger partial charge on any atom is 0.251 e. The van der Waals surface area contributed by atoms with Crippen molar-refractivity contribution in [1.29, 1.82) is 0 Å². The number of carbonyl (C=O) groups is 1. The summed E-state index contributed by atoms with van der Waals surface area (Å²) in [6.45, 7) is -0.427. The first kappa shape index (κ1) is 20.8. The number of hydrogen-bond acceptors (Lipinski definition) is 10. The molecule has 0 spiro atoms. The molecule has 4 atom stereocenters. The molecular formula is C19H22N6O6. The number of hydrogen-bond donors (Lipinski definition) is 4. The average Bonchev–Trinajstić information content (AvgIpc) is 3.35. The van der Waals surface area contributed by atoms with Gasteiger partial charge in [0.05, 0.1) is 33.2 Å². The molecule has 1 aliphatic heterocycles. The molecule has 2 aromatic heterocycles.